The number of hydrogen-bond donors (Lipinski definition) is 2. The number of carbonyl (C=O) groups excluding carboxylic acids is 2. The van der Waals surface area contributed by atoms with Crippen LogP contribution in [-0.2, 0) is 30.4 Å². The lowest BCUT2D eigenvalue weighted by Gasteiger charge is -2.62. The Kier molecular flexibility index (Phi) is 12.8. The number of hydrogen-bond acceptors (Lipinski definition) is 9. The lowest BCUT2D eigenvalue weighted by molar-refractivity contribution is -0.179. The van der Waals surface area contributed by atoms with Gasteiger partial charge in [0.05, 0.1) is 51.4 Å². The minimum Gasteiger partial charge on any atom is -0.469 e. The van der Waals surface area contributed by atoms with E-state index in [9.17, 15) is 19.8 Å². The molecule has 9 rings (SSSR count). The van der Waals surface area contributed by atoms with Crippen molar-refractivity contribution in [2.75, 3.05) is 14.2 Å². The predicted molar refractivity (Wildman–Crippen MR) is 242 cm³/mol. The number of esters is 2. The number of ether oxygens (including phenoxy) is 3. The van der Waals surface area contributed by atoms with Crippen LogP contribution in [0.3, 0.4) is 0 Å². The molecule has 0 aliphatic heterocycles. The van der Waals surface area contributed by atoms with E-state index in [1.54, 1.807) is 0 Å². The summed E-state index contributed by atoms with van der Waals surface area (Å²) in [4.78, 5) is 23.9. The maximum atomic E-state index is 12.0. The Labute approximate surface area is 379 Å². The molecule has 10 nitrogen and oxygen atoms in total. The van der Waals surface area contributed by atoms with Crippen LogP contribution in [0.2, 0.25) is 0 Å². The summed E-state index contributed by atoms with van der Waals surface area (Å²) in [6.45, 7) is 15.4. The van der Waals surface area contributed by atoms with Crippen LogP contribution in [0.1, 0.15) is 182 Å². The first-order valence-corrected chi connectivity index (χ1v) is 26.1. The Morgan fingerprint density at radius 2 is 1.14 bits per heavy atom. The number of rotatable bonds is 12. The van der Waals surface area contributed by atoms with Crippen molar-refractivity contribution < 1.29 is 34.0 Å². The summed E-state index contributed by atoms with van der Waals surface area (Å²) in [5.41, 5.74) is 1.88. The third-order valence-corrected chi connectivity index (χ3v) is 22.3. The molecule has 4 unspecified atom stereocenters. The molecule has 0 amide bonds. The van der Waals surface area contributed by atoms with Crippen molar-refractivity contribution in [2.45, 2.75) is 201 Å². The molecule has 10 heteroatoms. The van der Waals surface area contributed by atoms with Gasteiger partial charge in [-0.3, -0.25) is 9.59 Å². The molecule has 0 bridgehead atoms. The molecule has 354 valence electrons. The van der Waals surface area contributed by atoms with Crippen LogP contribution in [0, 0.1) is 92.7 Å². The maximum Gasteiger partial charge on any atom is 0.305 e. The van der Waals surface area contributed by atoms with Gasteiger partial charge in [0.25, 0.3) is 0 Å². The third-order valence-electron chi connectivity index (χ3n) is 22.3. The fraction of sp³-hybridized carbons (Fsp3) is 0.925. The summed E-state index contributed by atoms with van der Waals surface area (Å²) in [6.07, 6.45) is 22.7. The van der Waals surface area contributed by atoms with Crippen molar-refractivity contribution in [2.24, 2.45) is 92.7 Å². The van der Waals surface area contributed by atoms with Gasteiger partial charge in [0.1, 0.15) is 5.69 Å². The van der Waals surface area contributed by atoms with Gasteiger partial charge in [-0.25, -0.2) is 4.68 Å². The van der Waals surface area contributed by atoms with Crippen molar-refractivity contribution in [1.29, 1.82) is 0 Å². The Morgan fingerprint density at radius 3 is 1.67 bits per heavy atom. The van der Waals surface area contributed by atoms with E-state index in [0.29, 0.717) is 96.5 Å². The van der Waals surface area contributed by atoms with Crippen molar-refractivity contribution >= 4 is 11.9 Å². The smallest absolute Gasteiger partial charge is 0.305 e. The first-order valence-electron chi connectivity index (χ1n) is 26.1. The summed E-state index contributed by atoms with van der Waals surface area (Å²) in [7, 11) is 2.98. The first kappa shape index (κ1) is 46.1. The van der Waals surface area contributed by atoms with Crippen molar-refractivity contribution in [1.82, 2.24) is 15.0 Å². The molecule has 2 N–H and O–H groups in total. The van der Waals surface area contributed by atoms with E-state index >= 15 is 0 Å². The first-order chi connectivity index (χ1) is 30.0. The zero-order valence-electron chi connectivity index (χ0n) is 40.4. The molecule has 20 atom stereocenters. The summed E-state index contributed by atoms with van der Waals surface area (Å²) < 4.78 is 18.8. The Bertz CT molecular complexity index is 1800. The van der Waals surface area contributed by atoms with Gasteiger partial charge in [0, 0.05) is 12.8 Å². The molecule has 0 aromatic carbocycles. The SMILES string of the molecule is COC(=O)CC[C@@H](C)[C@H]1CC[C@@H]2C3[C@@H](CC[C@@]21C)[C@@]1(C)CC[C@H](n2cc(CO[C@@H]4CC[C@]5(C)C(C4)C[C@@H](O)C4[C@H]5CC[C@]5(C)[C@H]4CC[C@H]5[C@@H](C)CCC(=O)OC)nn2)CC1C[C@@H]3O. The quantitative estimate of drug-likeness (QED) is 0.197. The average Bonchev–Trinajstić information content (AvgIpc) is 3.99. The number of methoxy groups -OCH3 is 2. The van der Waals surface area contributed by atoms with E-state index in [2.05, 4.69) is 57.5 Å². The Hall–Kier alpha value is -2.04. The summed E-state index contributed by atoms with van der Waals surface area (Å²) in [5, 5.41) is 33.4. The number of nitrogens with zero attached hydrogens (tertiary/aromatic N) is 3. The number of aliphatic hydroxyl groups is 2. The van der Waals surface area contributed by atoms with E-state index in [1.165, 1.54) is 72.0 Å². The van der Waals surface area contributed by atoms with Crippen molar-refractivity contribution in [3.63, 3.8) is 0 Å². The maximum absolute atomic E-state index is 12.0. The molecule has 0 spiro atoms. The van der Waals surface area contributed by atoms with E-state index in [4.69, 9.17) is 19.4 Å². The fourth-order valence-corrected chi connectivity index (χ4v) is 18.8. The zero-order chi connectivity index (χ0) is 44.6. The summed E-state index contributed by atoms with van der Waals surface area (Å²) >= 11 is 0. The molecule has 1 aromatic rings. The van der Waals surface area contributed by atoms with Crippen LogP contribution >= 0.6 is 0 Å². The van der Waals surface area contributed by atoms with E-state index < -0.39 is 0 Å². The minimum atomic E-state index is -0.249. The van der Waals surface area contributed by atoms with Crippen molar-refractivity contribution in [3.05, 3.63) is 11.9 Å². The van der Waals surface area contributed by atoms with Crippen molar-refractivity contribution in [3.8, 4) is 0 Å². The van der Waals surface area contributed by atoms with Gasteiger partial charge >= 0.3 is 11.9 Å². The molecule has 0 radical (unpaired) electrons. The van der Waals surface area contributed by atoms with Gasteiger partial charge in [-0.2, -0.15) is 0 Å². The highest BCUT2D eigenvalue weighted by Crippen LogP contribution is 2.70. The van der Waals surface area contributed by atoms with E-state index in [-0.39, 0.29) is 51.9 Å². The molecular formula is C53H85N3O7. The van der Waals surface area contributed by atoms with Crippen LogP contribution < -0.4 is 0 Å². The highest BCUT2D eigenvalue weighted by atomic mass is 16.5. The van der Waals surface area contributed by atoms with Crippen LogP contribution in [0.5, 0.6) is 0 Å². The van der Waals surface area contributed by atoms with E-state index in [0.717, 1.165) is 63.5 Å². The van der Waals surface area contributed by atoms with Gasteiger partial charge < -0.3 is 24.4 Å². The van der Waals surface area contributed by atoms with Gasteiger partial charge in [0.2, 0.25) is 0 Å². The summed E-state index contributed by atoms with van der Waals surface area (Å²) in [6, 6.07) is 0.302. The number of aromatic nitrogens is 3. The molecule has 8 aliphatic carbocycles. The van der Waals surface area contributed by atoms with Gasteiger partial charge in [-0.15, -0.1) is 5.10 Å². The second kappa shape index (κ2) is 17.6. The molecular weight excluding hydrogens is 791 g/mol. The minimum absolute atomic E-state index is 0.100. The molecule has 63 heavy (non-hydrogen) atoms. The van der Waals surface area contributed by atoms with Gasteiger partial charge in [-0.1, -0.05) is 46.8 Å². The molecule has 8 fully saturated rings. The molecule has 1 aromatic heterocycles. The zero-order valence-corrected chi connectivity index (χ0v) is 40.4. The normalized spacial score (nSPS) is 47.5. The standard InChI is InChI=1S/C53H85N3O7/c1-31(9-15-46(59)61-7)38-11-13-40-48-42(19-23-52(38,40)5)50(3)21-17-36(25-33(50)27-44(48)57)56-29-35(54-55-56)30-63-37-18-22-51(4)34(26-37)28-45(58)49-41-14-12-39(32(2)10-16-47(60)62-8)53(41,6)24-20-43(49)51/h29,31-34,36-45,48-49,57-58H,9-28,30H2,1-8H3/t31-,32+,33?,34?,36+,37-,38-,39+,40-,41+,42-,43-,44+,45-,48?,49?,50+,51-,52-,53+/m1/s1. The number of fused-ring (bicyclic) bond motifs is 10. The van der Waals surface area contributed by atoms with Crippen LogP contribution in [0.15, 0.2) is 6.20 Å². The molecule has 0 saturated heterocycles. The fourth-order valence-electron chi connectivity index (χ4n) is 18.8. The second-order valence-corrected chi connectivity index (χ2v) is 24.6. The van der Waals surface area contributed by atoms with Crippen LogP contribution in [0.4, 0.5) is 0 Å². The van der Waals surface area contributed by atoms with Crippen LogP contribution in [-0.4, -0.2) is 69.7 Å². The van der Waals surface area contributed by atoms with Gasteiger partial charge in [-0.05, 0) is 208 Å². The lowest BCUT2D eigenvalue weighted by Crippen LogP contribution is -2.58. The Morgan fingerprint density at radius 1 is 0.667 bits per heavy atom. The number of carbonyl (C=O) groups is 2. The van der Waals surface area contributed by atoms with E-state index in [1.807, 2.05) is 0 Å². The molecule has 1 heterocycles. The lowest BCUT2D eigenvalue weighted by atomic mass is 9.43. The third kappa shape index (κ3) is 7.87. The second-order valence-electron chi connectivity index (χ2n) is 24.6. The predicted octanol–water partition coefficient (Wildman–Crippen LogP) is 10.1. The molecule has 8 aliphatic rings. The topological polar surface area (TPSA) is 133 Å². The summed E-state index contributed by atoms with van der Waals surface area (Å²) in [5.74, 6) is 5.96. The molecule has 8 saturated carbocycles. The average molecular weight is 876 g/mol. The highest BCUT2D eigenvalue weighted by molar-refractivity contribution is 5.69. The highest BCUT2D eigenvalue weighted by Gasteiger charge is 2.65. The monoisotopic (exact) mass is 876 g/mol. The Balaban J connectivity index is 0.778. The largest absolute Gasteiger partial charge is 0.469 e. The van der Waals surface area contributed by atoms with Crippen LogP contribution in [0.25, 0.3) is 0 Å². The van der Waals surface area contributed by atoms with Gasteiger partial charge in [0.15, 0.2) is 0 Å². The number of aliphatic hydroxyl groups excluding tert-OH is 2.